The Morgan fingerprint density at radius 3 is 2.78 bits per heavy atom. The fourth-order valence-corrected chi connectivity index (χ4v) is 2.35. The molecule has 0 aliphatic carbocycles. The molecule has 2 rings (SSSR count). The summed E-state index contributed by atoms with van der Waals surface area (Å²) in [6, 6.07) is 11.7. The minimum Gasteiger partial charge on any atom is -0.493 e. The van der Waals surface area contributed by atoms with Crippen LogP contribution in [0.25, 0.3) is 0 Å². The van der Waals surface area contributed by atoms with Crippen molar-refractivity contribution < 1.29 is 18.8 Å². The van der Waals surface area contributed by atoms with Gasteiger partial charge < -0.3 is 19.4 Å². The van der Waals surface area contributed by atoms with Gasteiger partial charge in [0.25, 0.3) is 0 Å². The third-order valence-corrected chi connectivity index (χ3v) is 3.67. The lowest BCUT2D eigenvalue weighted by atomic mass is 10.2. The highest BCUT2D eigenvalue weighted by Gasteiger charge is 2.21. The molecule has 0 unspecified atom stereocenters. The molecule has 124 valence electrons. The first kappa shape index (κ1) is 17.1. The molecule has 0 aliphatic heterocycles. The Balaban J connectivity index is 1.74. The zero-order valence-electron chi connectivity index (χ0n) is 14.0. The Hall–Kier alpha value is -2.27. The van der Waals surface area contributed by atoms with Crippen molar-refractivity contribution in [1.82, 2.24) is 5.32 Å². The van der Waals surface area contributed by atoms with Gasteiger partial charge in [0.1, 0.15) is 5.75 Å². The van der Waals surface area contributed by atoms with Gasteiger partial charge in [-0.05, 0) is 36.8 Å². The van der Waals surface area contributed by atoms with Gasteiger partial charge in [-0.2, -0.15) is 0 Å². The number of ether oxygens (including phenoxy) is 1. The van der Waals surface area contributed by atoms with Crippen LogP contribution in [0.2, 0.25) is 0 Å². The van der Waals surface area contributed by atoms with Crippen molar-refractivity contribution in [3.8, 4) is 5.75 Å². The number of hydrogen-bond donors (Lipinski definition) is 2. The first-order chi connectivity index (χ1) is 11.1. The number of rotatable bonds is 8. The smallest absolute Gasteiger partial charge is 0.223 e. The molecule has 1 aromatic heterocycles. The van der Waals surface area contributed by atoms with Crippen molar-refractivity contribution in [3.05, 3.63) is 54.0 Å². The summed E-state index contributed by atoms with van der Waals surface area (Å²) in [6.45, 7) is 2.92. The number of furan rings is 1. The number of likely N-dealkylation sites (N-methyl/N-ethyl adjacent to an activating group) is 1. The summed E-state index contributed by atoms with van der Waals surface area (Å²) in [4.78, 5) is 13.2. The number of quaternary nitrogens is 1. The van der Waals surface area contributed by atoms with E-state index in [-0.39, 0.29) is 11.9 Å². The minimum atomic E-state index is -0.0181. The van der Waals surface area contributed by atoms with Crippen molar-refractivity contribution in [2.24, 2.45) is 0 Å². The summed E-state index contributed by atoms with van der Waals surface area (Å²) >= 11 is 0. The van der Waals surface area contributed by atoms with Crippen LogP contribution in [0, 0.1) is 6.92 Å². The average molecular weight is 317 g/mol. The molecule has 2 aromatic rings. The maximum absolute atomic E-state index is 12.0. The van der Waals surface area contributed by atoms with Crippen LogP contribution in [0.1, 0.15) is 23.8 Å². The molecular weight excluding hydrogens is 292 g/mol. The Morgan fingerprint density at radius 2 is 2.13 bits per heavy atom. The van der Waals surface area contributed by atoms with Crippen LogP contribution in [-0.2, 0) is 4.79 Å². The summed E-state index contributed by atoms with van der Waals surface area (Å²) in [7, 11) is 4.08. The molecule has 0 bridgehead atoms. The molecule has 1 heterocycles. The second-order valence-corrected chi connectivity index (χ2v) is 5.86. The van der Waals surface area contributed by atoms with Crippen molar-refractivity contribution in [2.75, 3.05) is 27.2 Å². The van der Waals surface area contributed by atoms with Gasteiger partial charge in [-0.1, -0.05) is 12.1 Å². The number of carbonyl (C=O) groups excluding carboxylic acids is 1. The van der Waals surface area contributed by atoms with Crippen molar-refractivity contribution in [2.45, 2.75) is 19.4 Å². The molecule has 1 amide bonds. The first-order valence-corrected chi connectivity index (χ1v) is 7.86. The predicted octanol–water partition coefficient (Wildman–Crippen LogP) is 1.36. The summed E-state index contributed by atoms with van der Waals surface area (Å²) in [5.74, 6) is 1.65. The summed E-state index contributed by atoms with van der Waals surface area (Å²) in [6.07, 6.45) is 1.99. The number of nitrogens with one attached hydrogen (secondary N) is 2. The monoisotopic (exact) mass is 317 g/mol. The maximum Gasteiger partial charge on any atom is 0.223 e. The van der Waals surface area contributed by atoms with E-state index in [0.29, 0.717) is 19.6 Å². The van der Waals surface area contributed by atoms with E-state index >= 15 is 0 Å². The number of benzene rings is 1. The lowest BCUT2D eigenvalue weighted by Crippen LogP contribution is -3.07. The van der Waals surface area contributed by atoms with Crippen LogP contribution in [0.4, 0.5) is 0 Å². The third kappa shape index (κ3) is 5.45. The average Bonchev–Trinajstić information content (AvgIpc) is 3.01. The Bertz CT molecular complexity index is 608. The van der Waals surface area contributed by atoms with E-state index < -0.39 is 0 Å². The Morgan fingerprint density at radius 1 is 1.30 bits per heavy atom. The molecule has 0 saturated carbocycles. The molecule has 0 radical (unpaired) electrons. The lowest BCUT2D eigenvalue weighted by molar-refractivity contribution is -0.891. The number of aryl methyl sites for hydroxylation is 1. The number of amides is 1. The highest BCUT2D eigenvalue weighted by molar-refractivity contribution is 5.76. The van der Waals surface area contributed by atoms with E-state index in [9.17, 15) is 4.79 Å². The fraction of sp³-hybridized carbons (Fsp3) is 0.389. The van der Waals surface area contributed by atoms with E-state index in [1.807, 2.05) is 57.4 Å². The molecule has 1 aromatic carbocycles. The van der Waals surface area contributed by atoms with Gasteiger partial charge in [0.05, 0.1) is 39.9 Å². The van der Waals surface area contributed by atoms with Crippen molar-refractivity contribution in [3.63, 3.8) is 0 Å². The summed E-state index contributed by atoms with van der Waals surface area (Å²) in [5.41, 5.74) is 1.14. The van der Waals surface area contributed by atoms with E-state index in [4.69, 9.17) is 9.15 Å². The van der Waals surface area contributed by atoms with Gasteiger partial charge >= 0.3 is 0 Å². The van der Waals surface area contributed by atoms with Crippen LogP contribution in [0.15, 0.2) is 47.1 Å². The zero-order valence-corrected chi connectivity index (χ0v) is 14.0. The highest BCUT2D eigenvalue weighted by atomic mass is 16.5. The van der Waals surface area contributed by atoms with Gasteiger partial charge in [-0.3, -0.25) is 4.79 Å². The lowest BCUT2D eigenvalue weighted by Gasteiger charge is -2.19. The molecule has 0 aliphatic rings. The van der Waals surface area contributed by atoms with Crippen LogP contribution in [-0.4, -0.2) is 33.2 Å². The molecule has 1 atom stereocenters. The summed E-state index contributed by atoms with van der Waals surface area (Å²) in [5, 5.41) is 2.95. The topological polar surface area (TPSA) is 55.9 Å². The zero-order chi connectivity index (χ0) is 16.7. The molecule has 0 fully saturated rings. The minimum absolute atomic E-state index is 0.0181. The van der Waals surface area contributed by atoms with Crippen LogP contribution in [0.3, 0.4) is 0 Å². The van der Waals surface area contributed by atoms with Crippen LogP contribution in [0.5, 0.6) is 5.75 Å². The highest BCUT2D eigenvalue weighted by Crippen LogP contribution is 2.12. The molecule has 0 saturated heterocycles. The van der Waals surface area contributed by atoms with Gasteiger partial charge in [0, 0.05) is 0 Å². The molecular formula is C18H25N2O3+. The predicted molar refractivity (Wildman–Crippen MR) is 88.6 cm³/mol. The second-order valence-electron chi connectivity index (χ2n) is 5.86. The van der Waals surface area contributed by atoms with Gasteiger partial charge in [-0.15, -0.1) is 0 Å². The largest absolute Gasteiger partial charge is 0.493 e. The Labute approximate surface area is 137 Å². The van der Waals surface area contributed by atoms with Crippen LogP contribution >= 0.6 is 0 Å². The van der Waals surface area contributed by atoms with Gasteiger partial charge in [0.2, 0.25) is 5.91 Å². The molecule has 5 heteroatoms. The number of carbonyl (C=O) groups is 1. The SMILES string of the molecule is Cc1cccc(OCCC(=O)NC[C@H](c2ccco2)[NH+](C)C)c1. The normalized spacial score (nSPS) is 12.2. The third-order valence-electron chi connectivity index (χ3n) is 3.67. The molecule has 5 nitrogen and oxygen atoms in total. The van der Waals surface area contributed by atoms with Gasteiger partial charge in [0.15, 0.2) is 11.8 Å². The second kappa shape index (κ2) is 8.39. The van der Waals surface area contributed by atoms with E-state index in [0.717, 1.165) is 17.1 Å². The quantitative estimate of drug-likeness (QED) is 0.773. The van der Waals surface area contributed by atoms with Crippen molar-refractivity contribution >= 4 is 5.91 Å². The number of hydrogen-bond acceptors (Lipinski definition) is 3. The molecule has 2 N–H and O–H groups in total. The fourth-order valence-electron chi connectivity index (χ4n) is 2.35. The van der Waals surface area contributed by atoms with Crippen LogP contribution < -0.4 is 15.0 Å². The first-order valence-electron chi connectivity index (χ1n) is 7.86. The van der Waals surface area contributed by atoms with E-state index in [1.165, 1.54) is 4.90 Å². The summed E-state index contributed by atoms with van der Waals surface area (Å²) < 4.78 is 11.0. The maximum atomic E-state index is 12.0. The molecule has 23 heavy (non-hydrogen) atoms. The van der Waals surface area contributed by atoms with E-state index in [1.54, 1.807) is 6.26 Å². The van der Waals surface area contributed by atoms with E-state index in [2.05, 4.69) is 5.32 Å². The van der Waals surface area contributed by atoms with Gasteiger partial charge in [-0.25, -0.2) is 0 Å². The van der Waals surface area contributed by atoms with Crippen molar-refractivity contribution in [1.29, 1.82) is 0 Å². The standard InChI is InChI=1S/C18H24N2O3/c1-14-6-4-7-15(12-14)22-11-9-18(21)19-13-16(20(2)3)17-8-5-10-23-17/h4-8,10,12,16H,9,11,13H2,1-3H3,(H,19,21)/p+1/t16-/m1/s1. The molecule has 0 spiro atoms. The Kier molecular flexibility index (Phi) is 6.23.